The summed E-state index contributed by atoms with van der Waals surface area (Å²) in [4.78, 5) is 16.1. The number of hydrogen-bond donors (Lipinski definition) is 1. The van der Waals surface area contributed by atoms with Crippen molar-refractivity contribution in [2.75, 3.05) is 5.32 Å². The molecule has 0 saturated heterocycles. The number of carbonyl (C=O) groups excluding carboxylic acids is 1. The third-order valence-electron chi connectivity index (χ3n) is 3.18. The fourth-order valence-corrected chi connectivity index (χ4v) is 2.11. The average Bonchev–Trinajstić information content (AvgIpc) is 2.50. The van der Waals surface area contributed by atoms with Gasteiger partial charge >= 0.3 is 6.09 Å². The number of aryl methyl sites for hydroxylation is 1. The predicted molar refractivity (Wildman–Crippen MR) is 82.5 cm³/mol. The summed E-state index contributed by atoms with van der Waals surface area (Å²) in [6, 6.07) is 15.1. The Kier molecular flexibility index (Phi) is 3.70. The van der Waals surface area contributed by atoms with E-state index in [2.05, 4.69) is 10.3 Å². The molecule has 0 saturated carbocycles. The molecule has 3 rings (SSSR count). The van der Waals surface area contributed by atoms with Gasteiger partial charge in [0.25, 0.3) is 0 Å². The molecule has 1 aromatic heterocycles. The minimum absolute atomic E-state index is 0.280. The van der Waals surface area contributed by atoms with Crippen LogP contribution in [-0.2, 0) is 0 Å². The van der Waals surface area contributed by atoms with Gasteiger partial charge in [0.2, 0.25) is 0 Å². The van der Waals surface area contributed by atoms with Gasteiger partial charge in [-0.25, -0.2) is 14.2 Å². The van der Waals surface area contributed by atoms with Gasteiger partial charge in [0, 0.05) is 5.39 Å². The second-order valence-corrected chi connectivity index (χ2v) is 4.76. The summed E-state index contributed by atoms with van der Waals surface area (Å²) >= 11 is 0. The Morgan fingerprint density at radius 2 is 1.91 bits per heavy atom. The number of nitrogens with zero attached hydrogens (tertiary/aromatic N) is 1. The number of anilines is 1. The lowest BCUT2D eigenvalue weighted by Crippen LogP contribution is -2.17. The summed E-state index contributed by atoms with van der Waals surface area (Å²) in [5.41, 5.74) is 1.28. The summed E-state index contributed by atoms with van der Waals surface area (Å²) in [6.07, 6.45) is -0.619. The van der Waals surface area contributed by atoms with Crippen molar-refractivity contribution >= 4 is 22.7 Å². The van der Waals surface area contributed by atoms with Gasteiger partial charge in [-0.15, -0.1) is 0 Å². The Labute approximate surface area is 126 Å². The lowest BCUT2D eigenvalue weighted by atomic mass is 10.1. The molecule has 0 bridgehead atoms. The van der Waals surface area contributed by atoms with Crippen LogP contribution in [0.3, 0.4) is 0 Å². The van der Waals surface area contributed by atoms with Crippen LogP contribution >= 0.6 is 0 Å². The van der Waals surface area contributed by atoms with Crippen LogP contribution < -0.4 is 10.1 Å². The standard InChI is InChI=1S/C17H13FN2O2/c1-11-15(10-12-6-5-9-14(18)16(12)19-11)20-17(21)22-13-7-3-2-4-8-13/h2-10H,1H3,(H,20,21). The minimum Gasteiger partial charge on any atom is -0.410 e. The number of ether oxygens (including phenoxy) is 1. The van der Waals surface area contributed by atoms with E-state index in [1.54, 1.807) is 49.4 Å². The van der Waals surface area contributed by atoms with Crippen molar-refractivity contribution in [3.63, 3.8) is 0 Å². The first-order valence-electron chi connectivity index (χ1n) is 6.73. The normalized spacial score (nSPS) is 10.5. The number of benzene rings is 2. The first kappa shape index (κ1) is 14.0. The molecule has 0 aliphatic rings. The van der Waals surface area contributed by atoms with Crippen molar-refractivity contribution in [1.82, 2.24) is 4.98 Å². The number of halogens is 1. The topological polar surface area (TPSA) is 51.2 Å². The zero-order valence-electron chi connectivity index (χ0n) is 11.8. The van der Waals surface area contributed by atoms with Gasteiger partial charge in [0.1, 0.15) is 17.1 Å². The molecule has 2 aromatic carbocycles. The smallest absolute Gasteiger partial charge is 0.410 e. The van der Waals surface area contributed by atoms with Gasteiger partial charge in [0.05, 0.1) is 11.4 Å². The Morgan fingerprint density at radius 3 is 2.68 bits per heavy atom. The van der Waals surface area contributed by atoms with Gasteiger partial charge < -0.3 is 4.74 Å². The fraction of sp³-hybridized carbons (Fsp3) is 0.0588. The average molecular weight is 296 g/mol. The molecule has 0 atom stereocenters. The number of aromatic nitrogens is 1. The zero-order chi connectivity index (χ0) is 15.5. The maximum Gasteiger partial charge on any atom is 0.417 e. The molecule has 110 valence electrons. The van der Waals surface area contributed by atoms with E-state index in [0.29, 0.717) is 22.5 Å². The van der Waals surface area contributed by atoms with Crippen molar-refractivity contribution < 1.29 is 13.9 Å². The Hall–Kier alpha value is -2.95. The van der Waals surface area contributed by atoms with Crippen LogP contribution in [0.25, 0.3) is 10.9 Å². The number of nitrogens with one attached hydrogen (secondary N) is 1. The maximum atomic E-state index is 13.7. The van der Waals surface area contributed by atoms with Crippen LogP contribution in [0.2, 0.25) is 0 Å². The minimum atomic E-state index is -0.619. The summed E-state index contributed by atoms with van der Waals surface area (Å²) in [5, 5.41) is 3.24. The Bertz CT molecular complexity index is 835. The van der Waals surface area contributed by atoms with E-state index < -0.39 is 6.09 Å². The van der Waals surface area contributed by atoms with Crippen LogP contribution in [0.1, 0.15) is 5.69 Å². The second kappa shape index (κ2) is 5.81. The van der Waals surface area contributed by atoms with Gasteiger partial charge in [-0.1, -0.05) is 30.3 Å². The molecule has 0 aliphatic heterocycles. The highest BCUT2D eigenvalue weighted by Gasteiger charge is 2.10. The molecule has 0 unspecified atom stereocenters. The van der Waals surface area contributed by atoms with Gasteiger partial charge in [0.15, 0.2) is 0 Å². The number of carbonyl (C=O) groups is 1. The molecule has 0 fully saturated rings. The van der Waals surface area contributed by atoms with Crippen LogP contribution in [-0.4, -0.2) is 11.1 Å². The van der Waals surface area contributed by atoms with E-state index in [9.17, 15) is 9.18 Å². The SMILES string of the molecule is Cc1nc2c(F)cccc2cc1NC(=O)Oc1ccccc1. The second-order valence-electron chi connectivity index (χ2n) is 4.76. The summed E-state index contributed by atoms with van der Waals surface area (Å²) < 4.78 is 18.8. The third-order valence-corrected chi connectivity index (χ3v) is 3.18. The van der Waals surface area contributed by atoms with Gasteiger partial charge in [-0.3, -0.25) is 5.32 Å². The molecule has 1 amide bonds. The first-order valence-corrected chi connectivity index (χ1v) is 6.73. The highest BCUT2D eigenvalue weighted by Crippen LogP contribution is 2.22. The van der Waals surface area contributed by atoms with Gasteiger partial charge in [-0.05, 0) is 31.2 Å². The first-order chi connectivity index (χ1) is 10.6. The number of pyridine rings is 1. The molecule has 0 radical (unpaired) electrons. The van der Waals surface area contributed by atoms with Crippen molar-refractivity contribution in [3.05, 3.63) is 66.1 Å². The number of amides is 1. The van der Waals surface area contributed by atoms with E-state index in [0.717, 1.165) is 0 Å². The van der Waals surface area contributed by atoms with E-state index in [4.69, 9.17) is 4.74 Å². The molecular formula is C17H13FN2O2. The van der Waals surface area contributed by atoms with E-state index in [-0.39, 0.29) is 11.3 Å². The largest absolute Gasteiger partial charge is 0.417 e. The van der Waals surface area contributed by atoms with Crippen molar-refractivity contribution in [2.24, 2.45) is 0 Å². The number of hydrogen-bond acceptors (Lipinski definition) is 3. The van der Waals surface area contributed by atoms with Gasteiger partial charge in [-0.2, -0.15) is 0 Å². The maximum absolute atomic E-state index is 13.7. The van der Waals surface area contributed by atoms with Crippen LogP contribution in [0.15, 0.2) is 54.6 Å². The number of para-hydroxylation sites is 2. The fourth-order valence-electron chi connectivity index (χ4n) is 2.11. The molecule has 0 spiro atoms. The molecular weight excluding hydrogens is 283 g/mol. The van der Waals surface area contributed by atoms with Crippen molar-refractivity contribution in [2.45, 2.75) is 6.92 Å². The Balaban J connectivity index is 1.84. The number of rotatable bonds is 2. The molecule has 22 heavy (non-hydrogen) atoms. The molecule has 4 nitrogen and oxygen atoms in total. The summed E-state index contributed by atoms with van der Waals surface area (Å²) in [5.74, 6) is 0.0523. The predicted octanol–water partition coefficient (Wildman–Crippen LogP) is 4.29. The van der Waals surface area contributed by atoms with E-state index in [1.165, 1.54) is 6.07 Å². The lowest BCUT2D eigenvalue weighted by Gasteiger charge is -2.10. The molecule has 1 N–H and O–H groups in total. The number of fused-ring (bicyclic) bond motifs is 1. The van der Waals surface area contributed by atoms with Crippen LogP contribution in [0, 0.1) is 12.7 Å². The third kappa shape index (κ3) is 2.88. The lowest BCUT2D eigenvalue weighted by molar-refractivity contribution is 0.215. The molecule has 5 heteroatoms. The zero-order valence-corrected chi connectivity index (χ0v) is 11.8. The highest BCUT2D eigenvalue weighted by molar-refractivity contribution is 5.91. The van der Waals surface area contributed by atoms with E-state index >= 15 is 0 Å². The van der Waals surface area contributed by atoms with Crippen molar-refractivity contribution in [1.29, 1.82) is 0 Å². The van der Waals surface area contributed by atoms with Crippen LogP contribution in [0.5, 0.6) is 5.75 Å². The van der Waals surface area contributed by atoms with Crippen LogP contribution in [0.4, 0.5) is 14.9 Å². The molecule has 1 heterocycles. The molecule has 0 aliphatic carbocycles. The highest BCUT2D eigenvalue weighted by atomic mass is 19.1. The quantitative estimate of drug-likeness (QED) is 0.767. The Morgan fingerprint density at radius 1 is 1.14 bits per heavy atom. The summed E-state index contributed by atoms with van der Waals surface area (Å²) in [7, 11) is 0. The van der Waals surface area contributed by atoms with E-state index in [1.807, 2.05) is 6.07 Å². The summed E-state index contributed by atoms with van der Waals surface area (Å²) in [6.45, 7) is 1.70. The monoisotopic (exact) mass is 296 g/mol. The molecule has 3 aromatic rings. The van der Waals surface area contributed by atoms with Crippen molar-refractivity contribution in [3.8, 4) is 5.75 Å².